The van der Waals surface area contributed by atoms with E-state index in [4.69, 9.17) is 10.5 Å². The van der Waals surface area contributed by atoms with Gasteiger partial charge in [-0.3, -0.25) is 4.90 Å². The Morgan fingerprint density at radius 2 is 1.75 bits per heavy atom. The lowest BCUT2D eigenvalue weighted by Crippen LogP contribution is -2.47. The smallest absolute Gasteiger partial charge is 0.191 e. The Kier molecular flexibility index (Phi) is 5.69. The van der Waals surface area contributed by atoms with Gasteiger partial charge in [-0.25, -0.2) is 0 Å². The fourth-order valence-corrected chi connectivity index (χ4v) is 4.90. The van der Waals surface area contributed by atoms with E-state index in [1.807, 2.05) is 48.5 Å². The molecule has 1 aliphatic heterocycles. The second-order valence-electron chi connectivity index (χ2n) is 8.13. The van der Waals surface area contributed by atoms with E-state index in [1.165, 1.54) is 5.56 Å². The first-order valence-corrected chi connectivity index (χ1v) is 10.4. The highest BCUT2D eigenvalue weighted by molar-refractivity contribution is 5.59. The molecule has 0 fully saturated rings. The summed E-state index contributed by atoms with van der Waals surface area (Å²) >= 11 is 0. The molecule has 6 nitrogen and oxygen atoms in total. The molecule has 4 rings (SSSR count). The number of methoxy groups -OCH3 is 1. The van der Waals surface area contributed by atoms with Crippen molar-refractivity contribution in [2.45, 2.75) is 12.5 Å². The van der Waals surface area contributed by atoms with E-state index in [0.29, 0.717) is 18.8 Å². The summed E-state index contributed by atoms with van der Waals surface area (Å²) in [5.41, 5.74) is 7.90. The molecule has 6 heteroatoms. The van der Waals surface area contributed by atoms with E-state index < -0.39 is 11.3 Å². The topological polar surface area (TPSA) is 110 Å². The third-order valence-electron chi connectivity index (χ3n) is 6.46. The second-order valence-corrected chi connectivity index (χ2v) is 8.13. The Bertz CT molecular complexity index is 1180. The van der Waals surface area contributed by atoms with E-state index in [9.17, 15) is 15.8 Å². The molecule has 2 aromatic rings. The van der Waals surface area contributed by atoms with E-state index in [-0.39, 0.29) is 17.2 Å². The van der Waals surface area contributed by atoms with Crippen LogP contribution in [0.5, 0.6) is 5.75 Å². The quantitative estimate of drug-likeness (QED) is 0.807. The summed E-state index contributed by atoms with van der Waals surface area (Å²) < 4.78 is 5.28. The number of nitrogens with two attached hydrogens (primary N) is 1. The van der Waals surface area contributed by atoms with Crippen LogP contribution in [0.1, 0.15) is 17.0 Å². The molecule has 2 atom stereocenters. The average Bonchev–Trinajstić information content (AvgIpc) is 2.84. The first-order valence-electron chi connectivity index (χ1n) is 10.4. The molecule has 0 radical (unpaired) electrons. The van der Waals surface area contributed by atoms with Gasteiger partial charge in [0.1, 0.15) is 11.8 Å². The van der Waals surface area contributed by atoms with Crippen LogP contribution in [0.3, 0.4) is 0 Å². The van der Waals surface area contributed by atoms with Crippen LogP contribution < -0.4 is 10.5 Å². The molecular formula is C26H23N5O. The number of benzene rings is 2. The maximum atomic E-state index is 10.2. The van der Waals surface area contributed by atoms with Crippen molar-refractivity contribution < 1.29 is 4.74 Å². The van der Waals surface area contributed by atoms with Gasteiger partial charge in [-0.1, -0.05) is 48.5 Å². The van der Waals surface area contributed by atoms with Crippen LogP contribution in [-0.4, -0.2) is 25.1 Å². The first-order chi connectivity index (χ1) is 15.6. The molecule has 2 aliphatic rings. The van der Waals surface area contributed by atoms with Crippen LogP contribution in [-0.2, 0) is 6.54 Å². The Labute approximate surface area is 188 Å². The van der Waals surface area contributed by atoms with Crippen molar-refractivity contribution in [3.63, 3.8) is 0 Å². The van der Waals surface area contributed by atoms with Crippen molar-refractivity contribution in [1.29, 1.82) is 15.8 Å². The summed E-state index contributed by atoms with van der Waals surface area (Å²) in [6.07, 6.45) is 2.03. The minimum Gasteiger partial charge on any atom is -0.497 e. The first kappa shape index (κ1) is 21.2. The van der Waals surface area contributed by atoms with Gasteiger partial charge in [0.05, 0.1) is 30.5 Å². The highest BCUT2D eigenvalue weighted by Gasteiger charge is 2.54. The molecule has 1 aliphatic carbocycles. The van der Waals surface area contributed by atoms with Gasteiger partial charge in [0.2, 0.25) is 0 Å². The minimum atomic E-state index is -1.63. The van der Waals surface area contributed by atoms with Gasteiger partial charge in [-0.05, 0) is 28.8 Å². The molecule has 1 heterocycles. The Morgan fingerprint density at radius 3 is 2.34 bits per heavy atom. The van der Waals surface area contributed by atoms with Gasteiger partial charge in [-0.15, -0.1) is 0 Å². The molecular weight excluding hydrogens is 398 g/mol. The number of ether oxygens (including phenoxy) is 1. The van der Waals surface area contributed by atoms with Gasteiger partial charge in [0.15, 0.2) is 5.41 Å². The molecule has 0 amide bonds. The molecule has 2 aromatic carbocycles. The maximum absolute atomic E-state index is 10.2. The van der Waals surface area contributed by atoms with Gasteiger partial charge in [0.25, 0.3) is 0 Å². The number of rotatable bonds is 4. The van der Waals surface area contributed by atoms with E-state index in [1.54, 1.807) is 7.11 Å². The number of nitriles is 3. The van der Waals surface area contributed by atoms with Crippen molar-refractivity contribution in [2.24, 2.45) is 17.1 Å². The van der Waals surface area contributed by atoms with Crippen LogP contribution >= 0.6 is 0 Å². The van der Waals surface area contributed by atoms with Crippen molar-refractivity contribution in [3.8, 4) is 24.0 Å². The molecule has 0 saturated heterocycles. The third-order valence-corrected chi connectivity index (χ3v) is 6.46. The van der Waals surface area contributed by atoms with Crippen LogP contribution in [0, 0.1) is 45.3 Å². The molecule has 158 valence electrons. The lowest BCUT2D eigenvalue weighted by molar-refractivity contribution is 0.201. The summed E-state index contributed by atoms with van der Waals surface area (Å²) in [6.45, 7) is 2.02. The lowest BCUT2D eigenvalue weighted by atomic mass is 9.58. The zero-order valence-corrected chi connectivity index (χ0v) is 17.8. The molecule has 2 N–H and O–H groups in total. The second kappa shape index (κ2) is 8.60. The van der Waals surface area contributed by atoms with Gasteiger partial charge in [0, 0.05) is 31.5 Å². The average molecular weight is 422 g/mol. The fraction of sp³-hybridized carbons (Fsp3) is 0.269. The minimum absolute atomic E-state index is 0.0461. The molecule has 0 aromatic heterocycles. The highest BCUT2D eigenvalue weighted by Crippen LogP contribution is 2.54. The highest BCUT2D eigenvalue weighted by atomic mass is 16.5. The van der Waals surface area contributed by atoms with Crippen LogP contribution in [0.15, 0.2) is 77.5 Å². The zero-order valence-electron chi connectivity index (χ0n) is 17.8. The van der Waals surface area contributed by atoms with E-state index in [2.05, 4.69) is 35.2 Å². The summed E-state index contributed by atoms with van der Waals surface area (Å²) in [5, 5.41) is 30.3. The van der Waals surface area contributed by atoms with Crippen LogP contribution in [0.25, 0.3) is 0 Å². The van der Waals surface area contributed by atoms with E-state index >= 15 is 0 Å². The lowest BCUT2D eigenvalue weighted by Gasteiger charge is -2.45. The Hall–Kier alpha value is -4.05. The van der Waals surface area contributed by atoms with Crippen molar-refractivity contribution in [1.82, 2.24) is 4.90 Å². The Balaban J connectivity index is 1.83. The number of nitrogens with zero attached hydrogens (tertiary/aromatic N) is 4. The summed E-state index contributed by atoms with van der Waals surface area (Å²) in [7, 11) is 1.59. The predicted octanol–water partition coefficient (Wildman–Crippen LogP) is 3.62. The monoisotopic (exact) mass is 421 g/mol. The fourth-order valence-electron chi connectivity index (χ4n) is 4.90. The van der Waals surface area contributed by atoms with Crippen molar-refractivity contribution in [2.75, 3.05) is 20.2 Å². The third kappa shape index (κ3) is 3.40. The summed E-state index contributed by atoms with van der Waals surface area (Å²) in [4.78, 5) is 2.27. The largest absolute Gasteiger partial charge is 0.497 e. The van der Waals surface area contributed by atoms with E-state index in [0.717, 1.165) is 17.7 Å². The molecule has 0 saturated carbocycles. The predicted molar refractivity (Wildman–Crippen MR) is 120 cm³/mol. The molecule has 0 spiro atoms. The number of allylic oxidation sites excluding steroid dienone is 2. The zero-order chi connectivity index (χ0) is 22.7. The van der Waals surface area contributed by atoms with Gasteiger partial charge in [-0.2, -0.15) is 15.8 Å². The van der Waals surface area contributed by atoms with Gasteiger partial charge >= 0.3 is 0 Å². The normalized spacial score (nSPS) is 22.0. The van der Waals surface area contributed by atoms with Crippen molar-refractivity contribution in [3.05, 3.63) is 88.6 Å². The SMILES string of the molecule is COc1ccc([C@H]2[C@@H]3CN(Cc4ccccc4)CC=C3C(C#N)=C(N)C2(C#N)C#N)cc1. The maximum Gasteiger partial charge on any atom is 0.191 e. The molecule has 32 heavy (non-hydrogen) atoms. The van der Waals surface area contributed by atoms with Crippen LogP contribution in [0.2, 0.25) is 0 Å². The van der Waals surface area contributed by atoms with Gasteiger partial charge < -0.3 is 10.5 Å². The summed E-state index contributed by atoms with van der Waals surface area (Å²) in [5.74, 6) is -0.0390. The number of hydrogen-bond donors (Lipinski definition) is 1. The molecule has 0 unspecified atom stereocenters. The van der Waals surface area contributed by atoms with Crippen molar-refractivity contribution >= 4 is 0 Å². The number of fused-ring (bicyclic) bond motifs is 1. The molecule has 0 bridgehead atoms. The standard InChI is InChI=1S/C26H23N5O/c1-32-20-9-7-19(8-10-20)24-23-15-31(14-18-5-3-2-4-6-18)12-11-21(23)22(13-27)25(30)26(24,16-28)17-29/h2-11,23-24H,12,14-15,30H2,1H3/t23-,24+/m1/s1. The summed E-state index contributed by atoms with van der Waals surface area (Å²) in [6, 6.07) is 24.1. The van der Waals surface area contributed by atoms with Crippen LogP contribution in [0.4, 0.5) is 0 Å². The number of hydrogen-bond acceptors (Lipinski definition) is 6. The Morgan fingerprint density at radius 1 is 1.06 bits per heavy atom.